The molecule has 1 unspecified atom stereocenters. The number of carbonyl (C=O) groups is 1. The molecular formula is C11H12ClIO2. The van der Waals surface area contributed by atoms with E-state index in [2.05, 4.69) is 22.6 Å². The van der Waals surface area contributed by atoms with Crippen LogP contribution in [0.5, 0.6) is 0 Å². The maximum Gasteiger partial charge on any atom is 0.324 e. The standard InChI is InChI=1S/C11H12ClIO2/c1-2-15-11(14)10(12)7-8-4-3-5-9(13)6-8/h3-6,10H,2,7H2,1H3. The van der Waals surface area contributed by atoms with Crippen molar-refractivity contribution in [1.82, 2.24) is 0 Å². The molecule has 0 spiro atoms. The molecule has 0 heterocycles. The Bertz CT molecular complexity index is 341. The van der Waals surface area contributed by atoms with Crippen molar-refractivity contribution in [2.24, 2.45) is 0 Å². The van der Waals surface area contributed by atoms with Crippen LogP contribution in [0, 0.1) is 3.57 Å². The fraction of sp³-hybridized carbons (Fsp3) is 0.364. The number of carbonyl (C=O) groups excluding carboxylic acids is 1. The number of hydrogen-bond acceptors (Lipinski definition) is 2. The SMILES string of the molecule is CCOC(=O)C(Cl)Cc1cccc(I)c1. The highest BCUT2D eigenvalue weighted by atomic mass is 127. The second-order valence-electron chi connectivity index (χ2n) is 3.05. The van der Waals surface area contributed by atoms with Crippen LogP contribution in [-0.4, -0.2) is 18.0 Å². The van der Waals surface area contributed by atoms with Gasteiger partial charge in [-0.1, -0.05) is 12.1 Å². The fourth-order valence-corrected chi connectivity index (χ4v) is 2.04. The summed E-state index contributed by atoms with van der Waals surface area (Å²) < 4.78 is 5.97. The number of halogens is 2. The van der Waals surface area contributed by atoms with Gasteiger partial charge in [-0.2, -0.15) is 0 Å². The van der Waals surface area contributed by atoms with Gasteiger partial charge in [-0.3, -0.25) is 4.79 Å². The zero-order valence-electron chi connectivity index (χ0n) is 8.37. The van der Waals surface area contributed by atoms with Crippen molar-refractivity contribution in [1.29, 1.82) is 0 Å². The molecular weight excluding hydrogens is 326 g/mol. The largest absolute Gasteiger partial charge is 0.465 e. The van der Waals surface area contributed by atoms with Crippen molar-refractivity contribution >= 4 is 40.2 Å². The highest BCUT2D eigenvalue weighted by Crippen LogP contribution is 2.13. The molecule has 0 aromatic heterocycles. The molecule has 0 bridgehead atoms. The van der Waals surface area contributed by atoms with Gasteiger partial charge in [-0.25, -0.2) is 0 Å². The fourth-order valence-electron chi connectivity index (χ4n) is 1.19. The van der Waals surface area contributed by atoms with Crippen LogP contribution in [0.15, 0.2) is 24.3 Å². The molecule has 2 nitrogen and oxygen atoms in total. The van der Waals surface area contributed by atoms with Crippen LogP contribution in [0.1, 0.15) is 12.5 Å². The Balaban J connectivity index is 2.58. The second kappa shape index (κ2) is 6.33. The van der Waals surface area contributed by atoms with Crippen molar-refractivity contribution in [2.45, 2.75) is 18.7 Å². The molecule has 0 aliphatic carbocycles. The monoisotopic (exact) mass is 338 g/mol. The summed E-state index contributed by atoms with van der Waals surface area (Å²) >= 11 is 8.15. The van der Waals surface area contributed by atoms with Gasteiger partial charge in [0.1, 0.15) is 5.38 Å². The van der Waals surface area contributed by atoms with Crippen LogP contribution in [-0.2, 0) is 16.0 Å². The first-order valence-electron chi connectivity index (χ1n) is 4.68. The smallest absolute Gasteiger partial charge is 0.324 e. The van der Waals surface area contributed by atoms with Crippen molar-refractivity contribution < 1.29 is 9.53 Å². The molecule has 0 saturated carbocycles. The number of hydrogen-bond donors (Lipinski definition) is 0. The molecule has 0 fully saturated rings. The third-order valence-corrected chi connectivity index (χ3v) is 2.85. The lowest BCUT2D eigenvalue weighted by Crippen LogP contribution is -2.20. The first-order valence-corrected chi connectivity index (χ1v) is 6.20. The topological polar surface area (TPSA) is 26.3 Å². The molecule has 1 rings (SSSR count). The van der Waals surface area contributed by atoms with Gasteiger partial charge in [0, 0.05) is 3.57 Å². The lowest BCUT2D eigenvalue weighted by molar-refractivity contribution is -0.142. The van der Waals surface area contributed by atoms with E-state index < -0.39 is 5.38 Å². The van der Waals surface area contributed by atoms with Gasteiger partial charge in [0.25, 0.3) is 0 Å². The molecule has 0 aliphatic heterocycles. The minimum Gasteiger partial charge on any atom is -0.465 e. The van der Waals surface area contributed by atoms with Gasteiger partial charge in [-0.05, 0) is 53.6 Å². The van der Waals surface area contributed by atoms with Crippen LogP contribution < -0.4 is 0 Å². The van der Waals surface area contributed by atoms with Crippen LogP contribution >= 0.6 is 34.2 Å². The van der Waals surface area contributed by atoms with Gasteiger partial charge < -0.3 is 4.74 Å². The van der Waals surface area contributed by atoms with E-state index in [1.165, 1.54) is 0 Å². The molecule has 15 heavy (non-hydrogen) atoms. The van der Waals surface area contributed by atoms with Crippen LogP contribution in [0.25, 0.3) is 0 Å². The van der Waals surface area contributed by atoms with Gasteiger partial charge >= 0.3 is 5.97 Å². The molecule has 0 N–H and O–H groups in total. The van der Waals surface area contributed by atoms with Crippen molar-refractivity contribution in [3.63, 3.8) is 0 Å². The van der Waals surface area contributed by atoms with Crippen LogP contribution in [0.4, 0.5) is 0 Å². The number of rotatable bonds is 4. The van der Waals surface area contributed by atoms with Crippen LogP contribution in [0.2, 0.25) is 0 Å². The van der Waals surface area contributed by atoms with E-state index in [1.807, 2.05) is 24.3 Å². The summed E-state index contributed by atoms with van der Waals surface area (Å²) in [7, 11) is 0. The van der Waals surface area contributed by atoms with E-state index in [0.29, 0.717) is 13.0 Å². The average Bonchev–Trinajstić information content (AvgIpc) is 2.18. The maximum absolute atomic E-state index is 11.3. The predicted molar refractivity (Wildman–Crippen MR) is 69.1 cm³/mol. The predicted octanol–water partition coefficient (Wildman–Crippen LogP) is 3.00. The first-order chi connectivity index (χ1) is 7.13. The number of alkyl halides is 1. The Morgan fingerprint density at radius 3 is 2.93 bits per heavy atom. The number of esters is 1. The molecule has 0 saturated heterocycles. The van der Waals surface area contributed by atoms with E-state index in [-0.39, 0.29) is 5.97 Å². The molecule has 0 aliphatic rings. The molecule has 1 atom stereocenters. The Labute approximate surface area is 108 Å². The van der Waals surface area contributed by atoms with Crippen molar-refractivity contribution in [2.75, 3.05) is 6.61 Å². The van der Waals surface area contributed by atoms with Gasteiger partial charge in [0.05, 0.1) is 6.61 Å². The third kappa shape index (κ3) is 4.38. The summed E-state index contributed by atoms with van der Waals surface area (Å²) in [6.45, 7) is 2.14. The van der Waals surface area contributed by atoms with Crippen molar-refractivity contribution in [3.05, 3.63) is 33.4 Å². The number of ether oxygens (including phenoxy) is 1. The molecule has 1 aromatic rings. The zero-order chi connectivity index (χ0) is 11.3. The quantitative estimate of drug-likeness (QED) is 0.479. The minimum atomic E-state index is -0.594. The van der Waals surface area contributed by atoms with E-state index in [1.54, 1.807) is 6.92 Å². The molecule has 0 amide bonds. The Hall–Kier alpha value is -0.290. The summed E-state index contributed by atoms with van der Waals surface area (Å²) in [5, 5.41) is -0.594. The van der Waals surface area contributed by atoms with Gasteiger partial charge in [-0.15, -0.1) is 11.6 Å². The second-order valence-corrected chi connectivity index (χ2v) is 4.83. The highest BCUT2D eigenvalue weighted by molar-refractivity contribution is 14.1. The Morgan fingerprint density at radius 2 is 2.33 bits per heavy atom. The van der Waals surface area contributed by atoms with E-state index in [9.17, 15) is 4.79 Å². The molecule has 1 aromatic carbocycles. The van der Waals surface area contributed by atoms with Crippen molar-refractivity contribution in [3.8, 4) is 0 Å². The Kier molecular flexibility index (Phi) is 5.39. The molecule has 0 radical (unpaired) electrons. The first kappa shape index (κ1) is 12.8. The lowest BCUT2D eigenvalue weighted by Gasteiger charge is -2.08. The van der Waals surface area contributed by atoms with Crippen LogP contribution in [0.3, 0.4) is 0 Å². The summed E-state index contributed by atoms with van der Waals surface area (Å²) in [6.07, 6.45) is 0.511. The van der Waals surface area contributed by atoms with E-state index in [0.717, 1.165) is 9.13 Å². The third-order valence-electron chi connectivity index (χ3n) is 1.85. The van der Waals surface area contributed by atoms with Gasteiger partial charge in [0.15, 0.2) is 0 Å². The normalized spacial score (nSPS) is 12.2. The zero-order valence-corrected chi connectivity index (χ0v) is 11.3. The highest BCUT2D eigenvalue weighted by Gasteiger charge is 2.16. The summed E-state index contributed by atoms with van der Waals surface area (Å²) in [5.74, 6) is -0.349. The summed E-state index contributed by atoms with van der Waals surface area (Å²) in [4.78, 5) is 11.3. The molecule has 82 valence electrons. The molecule has 4 heteroatoms. The van der Waals surface area contributed by atoms with Gasteiger partial charge in [0.2, 0.25) is 0 Å². The average molecular weight is 339 g/mol. The summed E-state index contributed by atoms with van der Waals surface area (Å²) in [6, 6.07) is 7.91. The summed E-state index contributed by atoms with van der Waals surface area (Å²) in [5.41, 5.74) is 1.05. The number of benzene rings is 1. The van der Waals surface area contributed by atoms with E-state index in [4.69, 9.17) is 16.3 Å². The Morgan fingerprint density at radius 1 is 1.60 bits per heavy atom. The minimum absolute atomic E-state index is 0.349. The van der Waals surface area contributed by atoms with E-state index >= 15 is 0 Å². The maximum atomic E-state index is 11.3. The lowest BCUT2D eigenvalue weighted by atomic mass is 10.1.